The smallest absolute Gasteiger partial charge is 0.266 e. The molecule has 0 amide bonds. The van der Waals surface area contributed by atoms with E-state index in [0.29, 0.717) is 5.82 Å². The standard InChI is InChI=1S/C24H25N3O2S2/c1-17-9-11-19(12-10-17)16-27(24-18(2)21-7-5-6-8-22(21)30-24)31(28,29)20-13-14-23(25-15-20)26(3)4/h5-15H,16H2,1-4H3. The summed E-state index contributed by atoms with van der Waals surface area (Å²) in [5.74, 6) is 0.710. The van der Waals surface area contributed by atoms with Crippen LogP contribution in [0, 0.1) is 13.8 Å². The largest absolute Gasteiger partial charge is 0.363 e. The van der Waals surface area contributed by atoms with Crippen LogP contribution >= 0.6 is 11.3 Å². The van der Waals surface area contributed by atoms with Crippen LogP contribution in [0.2, 0.25) is 0 Å². The lowest BCUT2D eigenvalue weighted by Gasteiger charge is -2.24. The van der Waals surface area contributed by atoms with E-state index >= 15 is 0 Å². The molecule has 0 atom stereocenters. The third kappa shape index (κ3) is 4.16. The van der Waals surface area contributed by atoms with Crippen molar-refractivity contribution in [2.45, 2.75) is 25.3 Å². The maximum atomic E-state index is 13.8. The second-order valence-electron chi connectivity index (χ2n) is 7.77. The third-order valence-corrected chi connectivity index (χ3v) is 8.40. The number of hydrogen-bond acceptors (Lipinski definition) is 5. The first-order valence-corrected chi connectivity index (χ1v) is 12.2. The number of sulfonamides is 1. The van der Waals surface area contributed by atoms with Crippen molar-refractivity contribution in [1.29, 1.82) is 0 Å². The van der Waals surface area contributed by atoms with Crippen LogP contribution in [-0.4, -0.2) is 27.5 Å². The van der Waals surface area contributed by atoms with Crippen LogP contribution < -0.4 is 9.21 Å². The zero-order valence-electron chi connectivity index (χ0n) is 18.0. The Morgan fingerprint density at radius 3 is 2.26 bits per heavy atom. The lowest BCUT2D eigenvalue weighted by atomic mass is 10.1. The molecule has 0 unspecified atom stereocenters. The van der Waals surface area contributed by atoms with Crippen LogP contribution in [0.25, 0.3) is 10.1 Å². The van der Waals surface area contributed by atoms with Gasteiger partial charge >= 0.3 is 0 Å². The maximum Gasteiger partial charge on any atom is 0.266 e. The van der Waals surface area contributed by atoms with Crippen molar-refractivity contribution < 1.29 is 8.42 Å². The van der Waals surface area contributed by atoms with E-state index in [4.69, 9.17) is 0 Å². The highest BCUT2D eigenvalue weighted by Crippen LogP contribution is 2.40. The predicted octanol–water partition coefficient (Wildman–Crippen LogP) is 5.37. The van der Waals surface area contributed by atoms with Gasteiger partial charge in [0, 0.05) is 25.0 Å². The SMILES string of the molecule is Cc1ccc(CN(c2sc3ccccc3c2C)S(=O)(=O)c2ccc(N(C)C)nc2)cc1. The minimum Gasteiger partial charge on any atom is -0.363 e. The Labute approximate surface area is 187 Å². The molecule has 2 aromatic heterocycles. The van der Waals surface area contributed by atoms with Crippen molar-refractivity contribution in [2.24, 2.45) is 0 Å². The molecule has 31 heavy (non-hydrogen) atoms. The molecule has 4 rings (SSSR count). The molecule has 0 aliphatic heterocycles. The van der Waals surface area contributed by atoms with Gasteiger partial charge in [0.2, 0.25) is 0 Å². The Morgan fingerprint density at radius 2 is 1.65 bits per heavy atom. The summed E-state index contributed by atoms with van der Waals surface area (Å²) in [7, 11) is -0.0608. The number of pyridine rings is 1. The molecule has 0 spiro atoms. The Morgan fingerprint density at radius 1 is 0.935 bits per heavy atom. The molecule has 0 aliphatic rings. The minimum absolute atomic E-state index is 0.182. The van der Waals surface area contributed by atoms with Crippen LogP contribution in [0.3, 0.4) is 0 Å². The fraction of sp³-hybridized carbons (Fsp3) is 0.208. The van der Waals surface area contributed by atoms with E-state index in [0.717, 1.165) is 31.8 Å². The number of rotatable bonds is 6. The van der Waals surface area contributed by atoms with Gasteiger partial charge in [-0.25, -0.2) is 13.4 Å². The van der Waals surface area contributed by atoms with Gasteiger partial charge in [-0.3, -0.25) is 4.31 Å². The van der Waals surface area contributed by atoms with Gasteiger partial charge in [0.05, 0.1) is 6.54 Å². The molecule has 0 aliphatic carbocycles. The molecule has 2 heterocycles. The van der Waals surface area contributed by atoms with Crippen LogP contribution in [0.5, 0.6) is 0 Å². The van der Waals surface area contributed by atoms with E-state index in [1.807, 2.05) is 81.4 Å². The molecule has 0 saturated heterocycles. The van der Waals surface area contributed by atoms with Gasteiger partial charge in [0.25, 0.3) is 10.0 Å². The van der Waals surface area contributed by atoms with Crippen molar-refractivity contribution in [2.75, 3.05) is 23.3 Å². The maximum absolute atomic E-state index is 13.8. The number of fused-ring (bicyclic) bond motifs is 1. The van der Waals surface area contributed by atoms with E-state index in [1.165, 1.54) is 21.8 Å². The monoisotopic (exact) mass is 451 g/mol. The van der Waals surface area contributed by atoms with Crippen LogP contribution in [-0.2, 0) is 16.6 Å². The molecular formula is C24H25N3O2S2. The van der Waals surface area contributed by atoms with Gasteiger partial charge in [-0.05, 0) is 48.6 Å². The Bertz CT molecular complexity index is 1310. The Hall–Kier alpha value is -2.90. The highest BCUT2D eigenvalue weighted by Gasteiger charge is 2.29. The summed E-state index contributed by atoms with van der Waals surface area (Å²) in [6.07, 6.45) is 1.44. The summed E-state index contributed by atoms with van der Waals surface area (Å²) in [4.78, 5) is 6.35. The van der Waals surface area contributed by atoms with Crippen LogP contribution in [0.15, 0.2) is 71.8 Å². The molecule has 0 saturated carbocycles. The number of anilines is 2. The lowest BCUT2D eigenvalue weighted by molar-refractivity contribution is 0.590. The fourth-order valence-electron chi connectivity index (χ4n) is 3.44. The lowest BCUT2D eigenvalue weighted by Crippen LogP contribution is -2.30. The molecular weight excluding hydrogens is 426 g/mol. The van der Waals surface area contributed by atoms with Gasteiger partial charge in [-0.2, -0.15) is 0 Å². The first-order valence-electron chi connectivity index (χ1n) is 9.97. The van der Waals surface area contributed by atoms with Gasteiger partial charge in [-0.15, -0.1) is 11.3 Å². The number of hydrogen-bond donors (Lipinski definition) is 0. The molecule has 2 aromatic carbocycles. The molecule has 5 nitrogen and oxygen atoms in total. The molecule has 4 aromatic rings. The molecule has 0 bridgehead atoms. The number of aromatic nitrogens is 1. The number of benzene rings is 2. The summed E-state index contributed by atoms with van der Waals surface area (Å²) in [6.45, 7) is 4.26. The van der Waals surface area contributed by atoms with Crippen molar-refractivity contribution in [3.8, 4) is 0 Å². The van der Waals surface area contributed by atoms with E-state index in [-0.39, 0.29) is 11.4 Å². The summed E-state index contributed by atoms with van der Waals surface area (Å²) in [5.41, 5.74) is 3.04. The first kappa shape index (κ1) is 21.3. The summed E-state index contributed by atoms with van der Waals surface area (Å²) in [5, 5.41) is 1.81. The van der Waals surface area contributed by atoms with Crippen molar-refractivity contribution >= 4 is 42.3 Å². The average Bonchev–Trinajstić information content (AvgIpc) is 3.09. The molecule has 0 fully saturated rings. The molecule has 7 heteroatoms. The van der Waals surface area contributed by atoms with Crippen molar-refractivity contribution in [1.82, 2.24) is 4.98 Å². The van der Waals surface area contributed by atoms with E-state index in [9.17, 15) is 8.42 Å². The summed E-state index contributed by atoms with van der Waals surface area (Å²) >= 11 is 1.50. The number of nitrogens with zero attached hydrogens (tertiary/aromatic N) is 3. The van der Waals surface area contributed by atoms with Crippen molar-refractivity contribution in [3.05, 3.63) is 83.6 Å². The second-order valence-corrected chi connectivity index (χ2v) is 10.7. The van der Waals surface area contributed by atoms with Crippen LogP contribution in [0.4, 0.5) is 10.8 Å². The van der Waals surface area contributed by atoms with Crippen LogP contribution in [0.1, 0.15) is 16.7 Å². The predicted molar refractivity (Wildman–Crippen MR) is 130 cm³/mol. The quantitative estimate of drug-likeness (QED) is 0.395. The molecule has 0 N–H and O–H groups in total. The minimum atomic E-state index is -3.81. The molecule has 160 valence electrons. The zero-order chi connectivity index (χ0) is 22.2. The normalized spacial score (nSPS) is 11.6. The molecule has 0 radical (unpaired) electrons. The zero-order valence-corrected chi connectivity index (χ0v) is 19.7. The number of aryl methyl sites for hydroxylation is 2. The number of thiophene rings is 1. The van der Waals surface area contributed by atoms with Gasteiger partial charge in [0.1, 0.15) is 15.7 Å². The summed E-state index contributed by atoms with van der Waals surface area (Å²) in [6, 6.07) is 19.4. The third-order valence-electron chi connectivity index (χ3n) is 5.26. The Kier molecular flexibility index (Phi) is 5.73. The highest BCUT2D eigenvalue weighted by atomic mass is 32.2. The highest BCUT2D eigenvalue weighted by molar-refractivity contribution is 7.93. The van der Waals surface area contributed by atoms with Gasteiger partial charge < -0.3 is 4.90 Å². The Balaban J connectivity index is 1.84. The van der Waals surface area contributed by atoms with Crippen molar-refractivity contribution in [3.63, 3.8) is 0 Å². The average molecular weight is 452 g/mol. The van der Waals surface area contributed by atoms with Gasteiger partial charge in [-0.1, -0.05) is 48.0 Å². The summed E-state index contributed by atoms with van der Waals surface area (Å²) < 4.78 is 30.2. The van der Waals surface area contributed by atoms with Gasteiger partial charge in [0.15, 0.2) is 0 Å². The topological polar surface area (TPSA) is 53.5 Å². The fourth-order valence-corrected chi connectivity index (χ4v) is 6.32. The van der Waals surface area contributed by atoms with E-state index in [2.05, 4.69) is 4.98 Å². The first-order chi connectivity index (χ1) is 14.8. The van der Waals surface area contributed by atoms with E-state index < -0.39 is 10.0 Å². The van der Waals surface area contributed by atoms with E-state index in [1.54, 1.807) is 12.1 Å². The second kappa shape index (κ2) is 8.32.